The normalized spacial score (nSPS) is 20.3. The van der Waals surface area contributed by atoms with Crippen LogP contribution in [0.2, 0.25) is 5.02 Å². The Balaban J connectivity index is 2.00. The molecule has 1 heterocycles. The summed E-state index contributed by atoms with van der Waals surface area (Å²) in [5.41, 5.74) is 0. The SMILES string of the molecule is CC(C)C(=O)O[C@H](C)OC(=O)N1C[C@@H](Oc2cccc(Cl)c2)C[C@H]1C(=O)O. The van der Waals surface area contributed by atoms with E-state index in [-0.39, 0.29) is 18.9 Å². The number of carboxylic acid groups (broad SMARTS) is 1. The summed E-state index contributed by atoms with van der Waals surface area (Å²) >= 11 is 5.91. The van der Waals surface area contributed by atoms with Crippen LogP contribution in [0, 0.1) is 5.92 Å². The monoisotopic (exact) mass is 399 g/mol. The molecule has 2 rings (SSSR count). The minimum Gasteiger partial charge on any atom is -0.488 e. The molecule has 1 aliphatic heterocycles. The lowest BCUT2D eigenvalue weighted by Crippen LogP contribution is -2.42. The molecule has 27 heavy (non-hydrogen) atoms. The summed E-state index contributed by atoms with van der Waals surface area (Å²) in [6, 6.07) is 5.58. The van der Waals surface area contributed by atoms with Gasteiger partial charge in [-0.25, -0.2) is 9.59 Å². The molecule has 9 heteroatoms. The number of carboxylic acids is 1. The van der Waals surface area contributed by atoms with Gasteiger partial charge in [-0.1, -0.05) is 31.5 Å². The highest BCUT2D eigenvalue weighted by Crippen LogP contribution is 2.26. The van der Waals surface area contributed by atoms with Crippen LogP contribution in [0.15, 0.2) is 24.3 Å². The lowest BCUT2D eigenvalue weighted by atomic mass is 10.2. The molecule has 0 spiro atoms. The summed E-state index contributed by atoms with van der Waals surface area (Å²) in [6.07, 6.45) is -2.46. The number of carbonyl (C=O) groups is 3. The van der Waals surface area contributed by atoms with Crippen molar-refractivity contribution in [1.29, 1.82) is 0 Å². The van der Waals surface area contributed by atoms with Crippen molar-refractivity contribution in [3.63, 3.8) is 0 Å². The zero-order valence-electron chi connectivity index (χ0n) is 15.3. The number of ether oxygens (including phenoxy) is 3. The van der Waals surface area contributed by atoms with Crippen LogP contribution in [-0.4, -0.2) is 53.0 Å². The lowest BCUT2D eigenvalue weighted by molar-refractivity contribution is -0.170. The summed E-state index contributed by atoms with van der Waals surface area (Å²) < 4.78 is 15.8. The molecule has 3 atom stereocenters. The van der Waals surface area contributed by atoms with Gasteiger partial charge < -0.3 is 19.3 Å². The number of likely N-dealkylation sites (tertiary alicyclic amines) is 1. The molecule has 1 N–H and O–H groups in total. The maximum Gasteiger partial charge on any atom is 0.413 e. The van der Waals surface area contributed by atoms with Crippen LogP contribution in [-0.2, 0) is 19.1 Å². The molecule has 0 unspecified atom stereocenters. The number of rotatable bonds is 6. The van der Waals surface area contributed by atoms with Crippen molar-refractivity contribution in [2.45, 2.75) is 45.6 Å². The van der Waals surface area contributed by atoms with E-state index in [1.807, 2.05) is 0 Å². The number of esters is 1. The van der Waals surface area contributed by atoms with Crippen LogP contribution >= 0.6 is 11.6 Å². The number of carbonyl (C=O) groups excluding carboxylic acids is 2. The molecule has 0 saturated carbocycles. The fraction of sp³-hybridized carbons (Fsp3) is 0.500. The largest absolute Gasteiger partial charge is 0.488 e. The Labute approximate surface area is 161 Å². The summed E-state index contributed by atoms with van der Waals surface area (Å²) in [6.45, 7) is 4.71. The molecule has 1 aromatic carbocycles. The maximum atomic E-state index is 12.3. The van der Waals surface area contributed by atoms with Gasteiger partial charge in [0.15, 0.2) is 0 Å². The molecule has 1 amide bonds. The number of amides is 1. The van der Waals surface area contributed by atoms with Gasteiger partial charge in [0.1, 0.15) is 17.9 Å². The molecule has 0 bridgehead atoms. The number of benzene rings is 1. The highest BCUT2D eigenvalue weighted by molar-refractivity contribution is 6.30. The van der Waals surface area contributed by atoms with Crippen molar-refractivity contribution in [2.75, 3.05) is 6.54 Å². The second-order valence-corrected chi connectivity index (χ2v) is 6.92. The van der Waals surface area contributed by atoms with Gasteiger partial charge >= 0.3 is 18.0 Å². The Hall–Kier alpha value is -2.48. The highest BCUT2D eigenvalue weighted by atomic mass is 35.5. The van der Waals surface area contributed by atoms with E-state index in [1.165, 1.54) is 6.92 Å². The summed E-state index contributed by atoms with van der Waals surface area (Å²) in [7, 11) is 0. The number of nitrogens with zero attached hydrogens (tertiary/aromatic N) is 1. The zero-order valence-corrected chi connectivity index (χ0v) is 16.0. The summed E-state index contributed by atoms with van der Waals surface area (Å²) in [5, 5.41) is 9.89. The van der Waals surface area contributed by atoms with E-state index in [4.69, 9.17) is 25.8 Å². The average molecular weight is 400 g/mol. The first-order valence-corrected chi connectivity index (χ1v) is 8.88. The number of hydrogen-bond acceptors (Lipinski definition) is 6. The first kappa shape index (κ1) is 20.8. The molecular weight excluding hydrogens is 378 g/mol. The molecule has 1 saturated heterocycles. The number of hydrogen-bond donors (Lipinski definition) is 1. The van der Waals surface area contributed by atoms with Crippen LogP contribution in [0.5, 0.6) is 5.75 Å². The fourth-order valence-electron chi connectivity index (χ4n) is 2.58. The molecule has 0 aromatic heterocycles. The standard InChI is InChI=1S/C18H22ClNO7/c1-10(2)17(23)25-11(3)26-18(24)20-9-14(8-15(20)16(21)22)27-13-6-4-5-12(19)7-13/h4-7,10-11,14-15H,8-9H2,1-3H3,(H,21,22)/t11-,14-,15-/m0/s1. The summed E-state index contributed by atoms with van der Waals surface area (Å²) in [4.78, 5) is 36.5. The van der Waals surface area contributed by atoms with Crippen molar-refractivity contribution in [3.8, 4) is 5.75 Å². The molecule has 1 fully saturated rings. The van der Waals surface area contributed by atoms with E-state index in [2.05, 4.69) is 0 Å². The van der Waals surface area contributed by atoms with Gasteiger partial charge in [0.25, 0.3) is 0 Å². The van der Waals surface area contributed by atoms with Crippen LogP contribution in [0.1, 0.15) is 27.2 Å². The number of halogens is 1. The Morgan fingerprint density at radius 1 is 1.22 bits per heavy atom. The molecule has 1 aromatic rings. The minimum atomic E-state index is -1.17. The lowest BCUT2D eigenvalue weighted by Gasteiger charge is -2.23. The van der Waals surface area contributed by atoms with Crippen LogP contribution in [0.4, 0.5) is 4.79 Å². The Morgan fingerprint density at radius 3 is 2.52 bits per heavy atom. The topological polar surface area (TPSA) is 102 Å². The molecule has 148 valence electrons. The summed E-state index contributed by atoms with van der Waals surface area (Å²) in [5.74, 6) is -1.59. The van der Waals surface area contributed by atoms with E-state index in [0.717, 1.165) is 4.90 Å². The average Bonchev–Trinajstić information content (AvgIpc) is 2.98. The Bertz CT molecular complexity index is 709. The second-order valence-electron chi connectivity index (χ2n) is 6.48. The Morgan fingerprint density at radius 2 is 1.93 bits per heavy atom. The van der Waals surface area contributed by atoms with Gasteiger partial charge in [0.2, 0.25) is 6.29 Å². The fourth-order valence-corrected chi connectivity index (χ4v) is 2.77. The highest BCUT2D eigenvalue weighted by Gasteiger charge is 2.42. The molecule has 0 radical (unpaired) electrons. The van der Waals surface area contributed by atoms with Crippen molar-refractivity contribution >= 4 is 29.6 Å². The Kier molecular flexibility index (Phi) is 6.90. The van der Waals surface area contributed by atoms with Crippen LogP contribution in [0.3, 0.4) is 0 Å². The molecule has 1 aliphatic rings. The van der Waals surface area contributed by atoms with E-state index in [0.29, 0.717) is 10.8 Å². The van der Waals surface area contributed by atoms with Crippen molar-refractivity contribution in [3.05, 3.63) is 29.3 Å². The van der Waals surface area contributed by atoms with Crippen LogP contribution in [0.25, 0.3) is 0 Å². The van der Waals surface area contributed by atoms with Gasteiger partial charge in [-0.3, -0.25) is 9.69 Å². The van der Waals surface area contributed by atoms with E-state index in [9.17, 15) is 19.5 Å². The third-order valence-electron chi connectivity index (χ3n) is 3.90. The molecular formula is C18H22ClNO7. The van der Waals surface area contributed by atoms with Gasteiger partial charge in [-0.05, 0) is 18.2 Å². The van der Waals surface area contributed by atoms with Crippen molar-refractivity contribution < 1.29 is 33.7 Å². The van der Waals surface area contributed by atoms with Crippen molar-refractivity contribution in [2.24, 2.45) is 5.92 Å². The predicted molar refractivity (Wildman–Crippen MR) is 95.5 cm³/mol. The molecule has 8 nitrogen and oxygen atoms in total. The smallest absolute Gasteiger partial charge is 0.413 e. The van der Waals surface area contributed by atoms with Crippen LogP contribution < -0.4 is 4.74 Å². The molecule has 0 aliphatic carbocycles. The van der Waals surface area contributed by atoms with E-state index < -0.39 is 36.5 Å². The van der Waals surface area contributed by atoms with Gasteiger partial charge in [-0.15, -0.1) is 0 Å². The predicted octanol–water partition coefficient (Wildman–Crippen LogP) is 2.93. The van der Waals surface area contributed by atoms with Gasteiger partial charge in [-0.2, -0.15) is 0 Å². The maximum absolute atomic E-state index is 12.3. The second kappa shape index (κ2) is 8.94. The zero-order chi connectivity index (χ0) is 20.1. The van der Waals surface area contributed by atoms with E-state index >= 15 is 0 Å². The van der Waals surface area contributed by atoms with Gasteiger partial charge in [0.05, 0.1) is 12.5 Å². The number of aliphatic carboxylic acids is 1. The minimum absolute atomic E-state index is 0.0210. The first-order chi connectivity index (χ1) is 12.7. The van der Waals surface area contributed by atoms with E-state index in [1.54, 1.807) is 38.1 Å². The quantitative estimate of drug-likeness (QED) is 0.579. The third-order valence-corrected chi connectivity index (χ3v) is 4.14. The first-order valence-electron chi connectivity index (χ1n) is 8.50. The third kappa shape index (κ3) is 5.75. The van der Waals surface area contributed by atoms with Gasteiger partial charge in [0, 0.05) is 18.4 Å². The van der Waals surface area contributed by atoms with Crippen molar-refractivity contribution in [1.82, 2.24) is 4.90 Å².